The van der Waals surface area contributed by atoms with Gasteiger partial charge in [0, 0.05) is 56.1 Å². The fourth-order valence-electron chi connectivity index (χ4n) is 4.95. The normalized spacial score (nSPS) is 23.1. The van der Waals surface area contributed by atoms with Crippen molar-refractivity contribution in [2.45, 2.75) is 49.3 Å². The quantitative estimate of drug-likeness (QED) is 0.719. The van der Waals surface area contributed by atoms with Crippen molar-refractivity contribution < 1.29 is 22.7 Å². The Hall–Kier alpha value is -1.94. The molecule has 1 atom stereocenters. The van der Waals surface area contributed by atoms with Gasteiger partial charge in [-0.3, -0.25) is 4.79 Å². The summed E-state index contributed by atoms with van der Waals surface area (Å²) in [5.74, 6) is -0.448. The SMILES string of the molecule is C[C@H](C(=O)N1CCC2(CC1)OCCO2)n1ccc2cc(S(=O)(=O)N3CCCC3)ccc21. The fraction of sp³-hybridized carbons (Fsp3) is 0.591. The van der Waals surface area contributed by atoms with E-state index in [0.29, 0.717) is 57.1 Å². The second-order valence-electron chi connectivity index (χ2n) is 8.66. The first-order chi connectivity index (χ1) is 14.9. The Morgan fingerprint density at radius 1 is 1.03 bits per heavy atom. The molecule has 0 radical (unpaired) electrons. The predicted molar refractivity (Wildman–Crippen MR) is 115 cm³/mol. The Kier molecular flexibility index (Phi) is 5.32. The van der Waals surface area contributed by atoms with E-state index < -0.39 is 15.8 Å². The molecular weight excluding hydrogens is 418 g/mol. The molecule has 1 spiro atoms. The van der Waals surface area contributed by atoms with Crippen LogP contribution in [0.5, 0.6) is 0 Å². The molecule has 2 aromatic rings. The van der Waals surface area contributed by atoms with Gasteiger partial charge >= 0.3 is 0 Å². The average molecular weight is 448 g/mol. The van der Waals surface area contributed by atoms with Crippen molar-refractivity contribution in [3.63, 3.8) is 0 Å². The molecule has 3 fully saturated rings. The number of piperidine rings is 1. The second kappa shape index (κ2) is 7.88. The third kappa shape index (κ3) is 3.67. The van der Waals surface area contributed by atoms with E-state index in [9.17, 15) is 13.2 Å². The van der Waals surface area contributed by atoms with Gasteiger partial charge in [-0.1, -0.05) is 0 Å². The smallest absolute Gasteiger partial charge is 0.245 e. The van der Waals surface area contributed by atoms with Gasteiger partial charge < -0.3 is 18.9 Å². The van der Waals surface area contributed by atoms with E-state index in [4.69, 9.17) is 9.47 Å². The van der Waals surface area contributed by atoms with Gasteiger partial charge in [0.15, 0.2) is 5.79 Å². The maximum Gasteiger partial charge on any atom is 0.245 e. The highest BCUT2D eigenvalue weighted by atomic mass is 32.2. The summed E-state index contributed by atoms with van der Waals surface area (Å²) in [7, 11) is -3.46. The number of amides is 1. The monoisotopic (exact) mass is 447 g/mol. The number of benzene rings is 1. The predicted octanol–water partition coefficient (Wildman–Crippen LogP) is 2.35. The van der Waals surface area contributed by atoms with E-state index in [0.717, 1.165) is 23.7 Å². The molecule has 9 heteroatoms. The molecule has 3 saturated heterocycles. The molecule has 1 aromatic carbocycles. The van der Waals surface area contributed by atoms with Gasteiger partial charge in [0.25, 0.3) is 0 Å². The topological polar surface area (TPSA) is 81.1 Å². The molecule has 0 saturated carbocycles. The molecule has 0 N–H and O–H groups in total. The summed E-state index contributed by atoms with van der Waals surface area (Å²) in [6.45, 7) is 5.52. The van der Waals surface area contributed by atoms with Crippen molar-refractivity contribution in [3.05, 3.63) is 30.5 Å². The molecule has 8 nitrogen and oxygen atoms in total. The number of aromatic nitrogens is 1. The number of likely N-dealkylation sites (tertiary alicyclic amines) is 1. The third-order valence-corrected chi connectivity index (χ3v) is 8.71. The van der Waals surface area contributed by atoms with E-state index >= 15 is 0 Å². The highest BCUT2D eigenvalue weighted by molar-refractivity contribution is 7.89. The van der Waals surface area contributed by atoms with Gasteiger partial charge in [0.1, 0.15) is 6.04 Å². The Balaban J connectivity index is 1.33. The van der Waals surface area contributed by atoms with E-state index in [1.54, 1.807) is 16.4 Å². The van der Waals surface area contributed by atoms with Crippen LogP contribution in [-0.4, -0.2) is 73.3 Å². The molecule has 31 heavy (non-hydrogen) atoms. The van der Waals surface area contributed by atoms with Crippen LogP contribution in [0.15, 0.2) is 35.4 Å². The third-order valence-electron chi connectivity index (χ3n) is 6.82. The number of ether oxygens (including phenoxy) is 2. The zero-order valence-corrected chi connectivity index (χ0v) is 18.6. The van der Waals surface area contributed by atoms with Crippen LogP contribution in [0.1, 0.15) is 38.6 Å². The Morgan fingerprint density at radius 2 is 1.71 bits per heavy atom. The van der Waals surface area contributed by atoms with Gasteiger partial charge in [0.05, 0.1) is 18.1 Å². The largest absolute Gasteiger partial charge is 0.347 e. The van der Waals surface area contributed by atoms with E-state index in [1.165, 1.54) is 0 Å². The molecule has 168 valence electrons. The van der Waals surface area contributed by atoms with Gasteiger partial charge in [-0.05, 0) is 44.0 Å². The number of hydrogen-bond donors (Lipinski definition) is 0. The average Bonchev–Trinajstić information content (AvgIpc) is 3.54. The lowest BCUT2D eigenvalue weighted by Crippen LogP contribution is -2.48. The molecule has 0 aliphatic carbocycles. The Morgan fingerprint density at radius 3 is 2.39 bits per heavy atom. The number of nitrogens with zero attached hydrogens (tertiary/aromatic N) is 3. The van der Waals surface area contributed by atoms with Gasteiger partial charge in [-0.25, -0.2) is 8.42 Å². The molecule has 3 aliphatic rings. The summed E-state index contributed by atoms with van der Waals surface area (Å²) in [5.41, 5.74) is 0.858. The van der Waals surface area contributed by atoms with Gasteiger partial charge in [-0.2, -0.15) is 4.31 Å². The maximum absolute atomic E-state index is 13.2. The Labute approximate surface area is 182 Å². The number of hydrogen-bond acceptors (Lipinski definition) is 5. The van der Waals surface area contributed by atoms with Crippen molar-refractivity contribution >= 4 is 26.8 Å². The fourth-order valence-corrected chi connectivity index (χ4v) is 6.51. The van der Waals surface area contributed by atoms with E-state index in [1.807, 2.05) is 34.7 Å². The Bertz CT molecular complexity index is 1070. The number of rotatable bonds is 4. The van der Waals surface area contributed by atoms with Crippen molar-refractivity contribution in [2.75, 3.05) is 39.4 Å². The molecule has 3 aliphatic heterocycles. The van der Waals surface area contributed by atoms with Crippen LogP contribution in [0.2, 0.25) is 0 Å². The highest BCUT2D eigenvalue weighted by Gasteiger charge is 2.41. The summed E-state index contributed by atoms with van der Waals surface area (Å²) in [6, 6.07) is 6.69. The summed E-state index contributed by atoms with van der Waals surface area (Å²) in [6.07, 6.45) is 5.07. The summed E-state index contributed by atoms with van der Waals surface area (Å²) < 4.78 is 40.8. The number of carbonyl (C=O) groups is 1. The van der Waals surface area contributed by atoms with Gasteiger partial charge in [-0.15, -0.1) is 0 Å². The first-order valence-electron chi connectivity index (χ1n) is 11.1. The zero-order valence-electron chi connectivity index (χ0n) is 17.8. The highest BCUT2D eigenvalue weighted by Crippen LogP contribution is 2.33. The van der Waals surface area contributed by atoms with Crippen molar-refractivity contribution in [1.82, 2.24) is 13.8 Å². The molecule has 1 amide bonds. The minimum absolute atomic E-state index is 0.0547. The maximum atomic E-state index is 13.2. The number of fused-ring (bicyclic) bond motifs is 1. The molecule has 0 unspecified atom stereocenters. The van der Waals surface area contributed by atoms with Crippen molar-refractivity contribution in [3.8, 4) is 0 Å². The molecule has 5 rings (SSSR count). The molecular formula is C22H29N3O5S. The van der Waals surface area contributed by atoms with Gasteiger partial charge in [0.2, 0.25) is 15.9 Å². The lowest BCUT2D eigenvalue weighted by Gasteiger charge is -2.38. The summed E-state index contributed by atoms with van der Waals surface area (Å²) in [5, 5.41) is 0.824. The number of carbonyl (C=O) groups excluding carboxylic acids is 1. The first-order valence-corrected chi connectivity index (χ1v) is 12.5. The zero-order chi connectivity index (χ0) is 21.6. The molecule has 4 heterocycles. The minimum atomic E-state index is -3.46. The van der Waals surface area contributed by atoms with Crippen LogP contribution < -0.4 is 0 Å². The second-order valence-corrected chi connectivity index (χ2v) is 10.6. The molecule has 0 bridgehead atoms. The van der Waals surface area contributed by atoms with Crippen LogP contribution in [0.4, 0.5) is 0 Å². The van der Waals surface area contributed by atoms with E-state index in [2.05, 4.69) is 0 Å². The summed E-state index contributed by atoms with van der Waals surface area (Å²) >= 11 is 0. The van der Waals surface area contributed by atoms with Crippen LogP contribution in [-0.2, 0) is 24.3 Å². The first kappa shape index (κ1) is 20.9. The van der Waals surface area contributed by atoms with Crippen molar-refractivity contribution in [1.29, 1.82) is 0 Å². The van der Waals surface area contributed by atoms with Crippen LogP contribution in [0, 0.1) is 0 Å². The van der Waals surface area contributed by atoms with Crippen LogP contribution in [0.3, 0.4) is 0 Å². The number of sulfonamides is 1. The van der Waals surface area contributed by atoms with E-state index in [-0.39, 0.29) is 11.9 Å². The lowest BCUT2D eigenvalue weighted by atomic mass is 10.0. The van der Waals surface area contributed by atoms with Crippen LogP contribution in [0.25, 0.3) is 10.9 Å². The minimum Gasteiger partial charge on any atom is -0.347 e. The lowest BCUT2D eigenvalue weighted by molar-refractivity contribution is -0.188. The molecule has 1 aromatic heterocycles. The standard InChI is InChI=1S/C22H29N3O5S/c1-17(21(26)23-12-7-22(8-13-23)29-14-15-30-22)25-11-6-18-16-19(4-5-20(18)25)31(27,28)24-9-2-3-10-24/h4-6,11,16-17H,2-3,7-10,12-15H2,1H3/t17-/m1/s1. The van der Waals surface area contributed by atoms with Crippen molar-refractivity contribution in [2.24, 2.45) is 0 Å². The summed E-state index contributed by atoms with van der Waals surface area (Å²) in [4.78, 5) is 15.4. The van der Waals surface area contributed by atoms with Crippen LogP contribution >= 0.6 is 0 Å².